The summed E-state index contributed by atoms with van der Waals surface area (Å²) in [6, 6.07) is 0. The summed E-state index contributed by atoms with van der Waals surface area (Å²) in [5.41, 5.74) is 0. The number of carboxylic acid groups (broad SMARTS) is 1. The molecule has 0 saturated heterocycles. The molecule has 0 bridgehead atoms. The lowest BCUT2D eigenvalue weighted by atomic mass is 9.82. The molecule has 0 saturated carbocycles. The van der Waals surface area contributed by atoms with Gasteiger partial charge in [-0.25, -0.2) is 4.79 Å². The van der Waals surface area contributed by atoms with Crippen LogP contribution in [0.5, 0.6) is 0 Å². The topological polar surface area (TPSA) is 54.4 Å². The van der Waals surface area contributed by atoms with Crippen LogP contribution in [0.25, 0.3) is 0 Å². The Bertz CT molecular complexity index is 501. The van der Waals surface area contributed by atoms with E-state index in [1.54, 1.807) is 0 Å². The van der Waals surface area contributed by atoms with E-state index in [1.165, 1.54) is 141 Å². The van der Waals surface area contributed by atoms with Crippen LogP contribution in [0.3, 0.4) is 0 Å². The van der Waals surface area contributed by atoms with E-state index < -0.39 is 11.8 Å². The van der Waals surface area contributed by atoms with Crippen LogP contribution >= 0.6 is 0 Å². The third kappa shape index (κ3) is 24.0. The predicted molar refractivity (Wildman–Crippen MR) is 161 cm³/mol. The molecule has 220 valence electrons. The highest BCUT2D eigenvalue weighted by Crippen LogP contribution is 2.29. The normalized spacial score (nSPS) is 13.1. The third-order valence-electron chi connectivity index (χ3n) is 8.29. The van der Waals surface area contributed by atoms with Crippen molar-refractivity contribution in [2.45, 2.75) is 194 Å². The minimum atomic E-state index is -1.22. The van der Waals surface area contributed by atoms with Gasteiger partial charge in [0.2, 0.25) is 5.78 Å². The van der Waals surface area contributed by atoms with Gasteiger partial charge >= 0.3 is 5.97 Å². The fourth-order valence-electron chi connectivity index (χ4n) is 5.79. The molecule has 0 aliphatic heterocycles. The molecule has 0 fully saturated rings. The van der Waals surface area contributed by atoms with Crippen molar-refractivity contribution in [1.82, 2.24) is 0 Å². The van der Waals surface area contributed by atoms with Gasteiger partial charge in [0, 0.05) is 5.92 Å². The Balaban J connectivity index is 4.33. The molecule has 2 unspecified atom stereocenters. The van der Waals surface area contributed by atoms with Gasteiger partial charge in [-0.3, -0.25) is 4.79 Å². The zero-order valence-corrected chi connectivity index (χ0v) is 25.5. The standard InChI is InChI=1S/C34H66O3/c1-4-7-10-13-15-16-17-18-19-20-21-23-26-29-32(33(35)34(36)37)30-31(27-24-12-9-6-3)28-25-22-14-11-8-5-2/h31-32H,4-30H2,1-3H3,(H,36,37). The van der Waals surface area contributed by atoms with Crippen LogP contribution in [0, 0.1) is 11.8 Å². The number of carboxylic acids is 1. The fourth-order valence-corrected chi connectivity index (χ4v) is 5.79. The van der Waals surface area contributed by atoms with Crippen LogP contribution in [0.4, 0.5) is 0 Å². The molecule has 0 aliphatic carbocycles. The third-order valence-corrected chi connectivity index (χ3v) is 8.29. The first kappa shape index (κ1) is 36.1. The molecular formula is C34H66O3. The monoisotopic (exact) mass is 523 g/mol. The molecule has 0 aliphatic rings. The summed E-state index contributed by atoms with van der Waals surface area (Å²) in [6.07, 6.45) is 33.7. The van der Waals surface area contributed by atoms with Crippen molar-refractivity contribution in [3.8, 4) is 0 Å². The number of unbranched alkanes of at least 4 members (excludes halogenated alkanes) is 20. The molecule has 3 heteroatoms. The van der Waals surface area contributed by atoms with Gasteiger partial charge in [-0.05, 0) is 18.8 Å². The maximum absolute atomic E-state index is 12.6. The van der Waals surface area contributed by atoms with Gasteiger partial charge < -0.3 is 5.11 Å². The number of carbonyl (C=O) groups is 2. The zero-order valence-electron chi connectivity index (χ0n) is 25.5. The Morgan fingerprint density at radius 3 is 1.11 bits per heavy atom. The highest BCUT2D eigenvalue weighted by atomic mass is 16.4. The smallest absolute Gasteiger partial charge is 0.372 e. The molecule has 3 nitrogen and oxygen atoms in total. The first-order valence-corrected chi connectivity index (χ1v) is 16.8. The Hall–Kier alpha value is -0.860. The van der Waals surface area contributed by atoms with Crippen molar-refractivity contribution in [3.05, 3.63) is 0 Å². The molecule has 0 aromatic rings. The van der Waals surface area contributed by atoms with E-state index >= 15 is 0 Å². The molecule has 2 atom stereocenters. The second-order valence-corrected chi connectivity index (χ2v) is 11.9. The SMILES string of the molecule is CCCCCCCCCCCCCCCC(CC(CCCCCC)CCCCCCCC)C(=O)C(=O)O. The number of hydrogen-bond donors (Lipinski definition) is 1. The van der Waals surface area contributed by atoms with E-state index in [0.29, 0.717) is 5.92 Å². The average molecular weight is 523 g/mol. The number of carbonyl (C=O) groups excluding carboxylic acids is 1. The first-order chi connectivity index (χ1) is 18.1. The molecule has 1 N–H and O–H groups in total. The molecular weight excluding hydrogens is 456 g/mol. The lowest BCUT2D eigenvalue weighted by molar-refractivity contribution is -0.151. The largest absolute Gasteiger partial charge is 0.475 e. The van der Waals surface area contributed by atoms with Crippen LogP contribution in [0.15, 0.2) is 0 Å². The van der Waals surface area contributed by atoms with E-state index in [9.17, 15) is 14.7 Å². The summed E-state index contributed by atoms with van der Waals surface area (Å²) in [5.74, 6) is -1.51. The predicted octanol–water partition coefficient (Wildman–Crippen LogP) is 11.5. The Morgan fingerprint density at radius 1 is 0.459 bits per heavy atom. The minimum absolute atomic E-state index is 0.276. The molecule has 0 radical (unpaired) electrons. The van der Waals surface area contributed by atoms with Crippen molar-refractivity contribution in [2.75, 3.05) is 0 Å². The average Bonchev–Trinajstić information content (AvgIpc) is 2.89. The molecule has 37 heavy (non-hydrogen) atoms. The molecule has 0 heterocycles. The fraction of sp³-hybridized carbons (Fsp3) is 0.941. The van der Waals surface area contributed by atoms with Gasteiger partial charge in [-0.1, -0.05) is 181 Å². The van der Waals surface area contributed by atoms with Crippen LogP contribution in [-0.2, 0) is 9.59 Å². The molecule has 0 amide bonds. The summed E-state index contributed by atoms with van der Waals surface area (Å²) < 4.78 is 0. The lowest BCUT2D eigenvalue weighted by Gasteiger charge is -2.22. The number of aliphatic carboxylic acids is 1. The van der Waals surface area contributed by atoms with E-state index in [2.05, 4.69) is 20.8 Å². The Labute approximate surface area is 232 Å². The van der Waals surface area contributed by atoms with Gasteiger partial charge in [-0.15, -0.1) is 0 Å². The van der Waals surface area contributed by atoms with E-state index in [0.717, 1.165) is 32.1 Å². The number of Topliss-reactive ketones (excluding diaryl/α,β-unsaturated/α-hetero) is 1. The summed E-state index contributed by atoms with van der Waals surface area (Å²) in [6.45, 7) is 6.77. The second-order valence-electron chi connectivity index (χ2n) is 11.9. The first-order valence-electron chi connectivity index (χ1n) is 16.8. The maximum Gasteiger partial charge on any atom is 0.372 e. The summed E-state index contributed by atoms with van der Waals surface area (Å²) in [4.78, 5) is 24.1. The van der Waals surface area contributed by atoms with Crippen molar-refractivity contribution >= 4 is 11.8 Å². The van der Waals surface area contributed by atoms with Crippen LogP contribution in [-0.4, -0.2) is 16.9 Å². The maximum atomic E-state index is 12.6. The van der Waals surface area contributed by atoms with Gasteiger partial charge in [0.05, 0.1) is 0 Å². The summed E-state index contributed by atoms with van der Waals surface area (Å²) in [7, 11) is 0. The minimum Gasteiger partial charge on any atom is -0.475 e. The lowest BCUT2D eigenvalue weighted by Crippen LogP contribution is -2.26. The second kappa shape index (κ2) is 28.2. The Kier molecular flexibility index (Phi) is 27.5. The van der Waals surface area contributed by atoms with Gasteiger partial charge in [0.25, 0.3) is 0 Å². The Morgan fingerprint density at radius 2 is 0.757 bits per heavy atom. The number of ketones is 1. The number of rotatable bonds is 30. The molecule has 0 aromatic carbocycles. The molecule has 0 spiro atoms. The highest BCUT2D eigenvalue weighted by Gasteiger charge is 2.27. The number of hydrogen-bond acceptors (Lipinski definition) is 2. The van der Waals surface area contributed by atoms with Crippen molar-refractivity contribution in [2.24, 2.45) is 11.8 Å². The summed E-state index contributed by atoms with van der Waals surface area (Å²) in [5, 5.41) is 9.46. The summed E-state index contributed by atoms with van der Waals surface area (Å²) >= 11 is 0. The van der Waals surface area contributed by atoms with Gasteiger partial charge in [0.15, 0.2) is 0 Å². The highest BCUT2D eigenvalue weighted by molar-refractivity contribution is 6.33. The van der Waals surface area contributed by atoms with Crippen LogP contribution in [0.2, 0.25) is 0 Å². The molecule has 0 aromatic heterocycles. The van der Waals surface area contributed by atoms with Crippen molar-refractivity contribution in [1.29, 1.82) is 0 Å². The zero-order chi connectivity index (χ0) is 27.4. The van der Waals surface area contributed by atoms with Gasteiger partial charge in [0.1, 0.15) is 0 Å². The van der Waals surface area contributed by atoms with Crippen LogP contribution < -0.4 is 0 Å². The van der Waals surface area contributed by atoms with E-state index in [1.807, 2.05) is 0 Å². The van der Waals surface area contributed by atoms with Crippen molar-refractivity contribution in [3.63, 3.8) is 0 Å². The van der Waals surface area contributed by atoms with Crippen LogP contribution in [0.1, 0.15) is 194 Å². The van der Waals surface area contributed by atoms with Gasteiger partial charge in [-0.2, -0.15) is 0 Å². The van der Waals surface area contributed by atoms with E-state index in [4.69, 9.17) is 0 Å². The van der Waals surface area contributed by atoms with Crippen molar-refractivity contribution < 1.29 is 14.7 Å². The molecule has 0 rings (SSSR count). The quantitative estimate of drug-likeness (QED) is 0.0753. The van der Waals surface area contributed by atoms with E-state index in [-0.39, 0.29) is 5.92 Å².